The van der Waals surface area contributed by atoms with Gasteiger partial charge in [0.05, 0.1) is 6.04 Å². The van der Waals surface area contributed by atoms with Crippen molar-refractivity contribution >= 4 is 5.91 Å². The number of likely N-dealkylation sites (tertiary alicyclic amines) is 1. The molecule has 0 spiro atoms. The second-order valence-corrected chi connectivity index (χ2v) is 4.88. The monoisotopic (exact) mass is 250 g/mol. The molecule has 4 heteroatoms. The van der Waals surface area contributed by atoms with Gasteiger partial charge >= 0.3 is 0 Å². The largest absolute Gasteiger partial charge is 0.344 e. The van der Waals surface area contributed by atoms with Gasteiger partial charge in [-0.05, 0) is 49.6 Å². The Labute approximate surface area is 107 Å². The van der Waals surface area contributed by atoms with Crippen LogP contribution in [0.1, 0.15) is 17.5 Å². The van der Waals surface area contributed by atoms with E-state index in [1.807, 2.05) is 20.0 Å². The molecule has 98 valence electrons. The zero-order chi connectivity index (χ0) is 13.1. The number of nitrogens with one attached hydrogen (secondary N) is 1. The summed E-state index contributed by atoms with van der Waals surface area (Å²) in [4.78, 5) is 13.4. The minimum absolute atomic E-state index is 0.0456. The smallest absolute Gasteiger partial charge is 0.239 e. The summed E-state index contributed by atoms with van der Waals surface area (Å²) >= 11 is 0. The van der Waals surface area contributed by atoms with E-state index in [4.69, 9.17) is 0 Å². The highest BCUT2D eigenvalue weighted by Crippen LogP contribution is 2.12. The Balaban J connectivity index is 1.84. The molecule has 1 aromatic carbocycles. The standard InChI is InChI=1S/C14H19FN2O/c1-10-9-12(15)4-3-11(10)5-7-16-13-6-8-17(2)14(13)18/h3-4,9,13,16H,5-8H2,1-2H3. The van der Waals surface area contributed by atoms with Crippen LogP contribution in [0.2, 0.25) is 0 Å². The maximum atomic E-state index is 12.9. The van der Waals surface area contributed by atoms with Crippen LogP contribution in [0, 0.1) is 12.7 Å². The first-order valence-corrected chi connectivity index (χ1v) is 6.31. The lowest BCUT2D eigenvalue weighted by Crippen LogP contribution is -2.37. The number of likely N-dealkylation sites (N-methyl/N-ethyl adjacent to an activating group) is 1. The Morgan fingerprint density at radius 1 is 1.50 bits per heavy atom. The summed E-state index contributed by atoms with van der Waals surface area (Å²) in [5.74, 6) is -0.0253. The molecule has 1 amide bonds. The van der Waals surface area contributed by atoms with E-state index in [9.17, 15) is 9.18 Å². The lowest BCUT2D eigenvalue weighted by Gasteiger charge is -2.12. The SMILES string of the molecule is Cc1cc(F)ccc1CCNC1CCN(C)C1=O. The van der Waals surface area contributed by atoms with Gasteiger partial charge in [0, 0.05) is 13.6 Å². The zero-order valence-electron chi connectivity index (χ0n) is 10.9. The topological polar surface area (TPSA) is 32.3 Å². The summed E-state index contributed by atoms with van der Waals surface area (Å²) in [5, 5.41) is 3.27. The van der Waals surface area contributed by atoms with E-state index in [1.54, 1.807) is 11.0 Å². The minimum atomic E-state index is -0.197. The second-order valence-electron chi connectivity index (χ2n) is 4.88. The molecule has 1 fully saturated rings. The van der Waals surface area contributed by atoms with Gasteiger partial charge in [-0.1, -0.05) is 6.07 Å². The van der Waals surface area contributed by atoms with Crippen molar-refractivity contribution in [2.75, 3.05) is 20.1 Å². The number of carbonyl (C=O) groups excluding carboxylic acids is 1. The normalized spacial score (nSPS) is 19.6. The van der Waals surface area contributed by atoms with Gasteiger partial charge < -0.3 is 10.2 Å². The lowest BCUT2D eigenvalue weighted by molar-refractivity contribution is -0.128. The Kier molecular flexibility index (Phi) is 3.97. The number of halogens is 1. The molecular weight excluding hydrogens is 231 g/mol. The Morgan fingerprint density at radius 3 is 2.89 bits per heavy atom. The third kappa shape index (κ3) is 2.88. The summed E-state index contributed by atoms with van der Waals surface area (Å²) in [6.07, 6.45) is 1.69. The van der Waals surface area contributed by atoms with Crippen molar-refractivity contribution < 1.29 is 9.18 Å². The van der Waals surface area contributed by atoms with Crippen molar-refractivity contribution in [1.82, 2.24) is 10.2 Å². The van der Waals surface area contributed by atoms with Gasteiger partial charge in [-0.25, -0.2) is 4.39 Å². The van der Waals surface area contributed by atoms with Crippen molar-refractivity contribution in [3.63, 3.8) is 0 Å². The first-order valence-electron chi connectivity index (χ1n) is 6.31. The fourth-order valence-electron chi connectivity index (χ4n) is 2.33. The Morgan fingerprint density at radius 2 is 2.28 bits per heavy atom. The van der Waals surface area contributed by atoms with Crippen molar-refractivity contribution in [2.24, 2.45) is 0 Å². The fourth-order valence-corrected chi connectivity index (χ4v) is 2.33. The van der Waals surface area contributed by atoms with Gasteiger partial charge in [0.2, 0.25) is 5.91 Å². The molecule has 18 heavy (non-hydrogen) atoms. The number of hydrogen-bond acceptors (Lipinski definition) is 2. The molecule has 1 aromatic rings. The van der Waals surface area contributed by atoms with Crippen LogP contribution in [0.3, 0.4) is 0 Å². The fraction of sp³-hybridized carbons (Fsp3) is 0.500. The van der Waals surface area contributed by atoms with Crippen LogP contribution >= 0.6 is 0 Å². The number of rotatable bonds is 4. The predicted octanol–water partition coefficient (Wildman–Crippen LogP) is 1.50. The van der Waals surface area contributed by atoms with Crippen molar-refractivity contribution in [2.45, 2.75) is 25.8 Å². The highest BCUT2D eigenvalue weighted by atomic mass is 19.1. The van der Waals surface area contributed by atoms with Crippen molar-refractivity contribution in [3.05, 3.63) is 35.1 Å². The van der Waals surface area contributed by atoms with Crippen LogP contribution in [-0.4, -0.2) is 37.0 Å². The molecule has 1 atom stereocenters. The molecular formula is C14H19FN2O. The third-order valence-electron chi connectivity index (χ3n) is 3.52. The Hall–Kier alpha value is -1.42. The first kappa shape index (κ1) is 13.0. The van der Waals surface area contributed by atoms with Gasteiger partial charge in [-0.2, -0.15) is 0 Å². The average molecular weight is 250 g/mol. The van der Waals surface area contributed by atoms with E-state index in [1.165, 1.54) is 6.07 Å². The van der Waals surface area contributed by atoms with E-state index in [0.29, 0.717) is 0 Å². The van der Waals surface area contributed by atoms with Crippen LogP contribution < -0.4 is 5.32 Å². The molecule has 1 N–H and O–H groups in total. The first-order chi connectivity index (χ1) is 8.58. The van der Waals surface area contributed by atoms with E-state index in [-0.39, 0.29) is 17.8 Å². The number of carbonyl (C=O) groups is 1. The summed E-state index contributed by atoms with van der Waals surface area (Å²) in [6, 6.07) is 4.80. The highest BCUT2D eigenvalue weighted by Gasteiger charge is 2.27. The molecule has 0 aliphatic carbocycles. The number of nitrogens with zero attached hydrogens (tertiary/aromatic N) is 1. The zero-order valence-corrected chi connectivity index (χ0v) is 10.9. The van der Waals surface area contributed by atoms with E-state index < -0.39 is 0 Å². The maximum absolute atomic E-state index is 12.9. The van der Waals surface area contributed by atoms with Gasteiger partial charge in [0.15, 0.2) is 0 Å². The molecule has 1 unspecified atom stereocenters. The third-order valence-corrected chi connectivity index (χ3v) is 3.52. The van der Waals surface area contributed by atoms with Crippen molar-refractivity contribution in [3.8, 4) is 0 Å². The predicted molar refractivity (Wildman–Crippen MR) is 68.9 cm³/mol. The average Bonchev–Trinajstić information content (AvgIpc) is 2.64. The maximum Gasteiger partial charge on any atom is 0.239 e. The van der Waals surface area contributed by atoms with Gasteiger partial charge in [-0.15, -0.1) is 0 Å². The van der Waals surface area contributed by atoms with E-state index in [2.05, 4.69) is 5.32 Å². The molecule has 0 radical (unpaired) electrons. The van der Waals surface area contributed by atoms with Gasteiger partial charge in [0.25, 0.3) is 0 Å². The summed E-state index contributed by atoms with van der Waals surface area (Å²) < 4.78 is 12.9. The number of hydrogen-bond donors (Lipinski definition) is 1. The summed E-state index contributed by atoms with van der Waals surface area (Å²) in [7, 11) is 1.83. The number of aryl methyl sites for hydroxylation is 1. The molecule has 1 aliphatic rings. The summed E-state index contributed by atoms with van der Waals surface area (Å²) in [5.41, 5.74) is 2.09. The molecule has 3 nitrogen and oxygen atoms in total. The van der Waals surface area contributed by atoms with Crippen LogP contribution in [0.15, 0.2) is 18.2 Å². The minimum Gasteiger partial charge on any atom is -0.344 e. The molecule has 2 rings (SSSR count). The van der Waals surface area contributed by atoms with Crippen molar-refractivity contribution in [1.29, 1.82) is 0 Å². The molecule has 0 bridgehead atoms. The van der Waals surface area contributed by atoms with Crippen LogP contribution in [0.25, 0.3) is 0 Å². The summed E-state index contributed by atoms with van der Waals surface area (Å²) in [6.45, 7) is 3.48. The molecule has 1 saturated heterocycles. The molecule has 1 heterocycles. The van der Waals surface area contributed by atoms with Crippen LogP contribution in [0.4, 0.5) is 4.39 Å². The van der Waals surface area contributed by atoms with E-state index >= 15 is 0 Å². The van der Waals surface area contributed by atoms with E-state index in [0.717, 1.165) is 37.1 Å². The highest BCUT2D eigenvalue weighted by molar-refractivity contribution is 5.83. The van der Waals surface area contributed by atoms with Gasteiger partial charge in [-0.3, -0.25) is 4.79 Å². The van der Waals surface area contributed by atoms with Crippen LogP contribution in [-0.2, 0) is 11.2 Å². The van der Waals surface area contributed by atoms with Crippen LogP contribution in [0.5, 0.6) is 0 Å². The molecule has 1 aliphatic heterocycles. The quantitative estimate of drug-likeness (QED) is 0.878. The number of benzene rings is 1. The second kappa shape index (κ2) is 5.48. The lowest BCUT2D eigenvalue weighted by atomic mass is 10.1. The number of amides is 1. The molecule has 0 aromatic heterocycles. The Bertz CT molecular complexity index is 447. The van der Waals surface area contributed by atoms with Gasteiger partial charge in [0.1, 0.15) is 5.82 Å². The molecule has 0 saturated carbocycles.